The maximum absolute atomic E-state index is 5.76. The van der Waals surface area contributed by atoms with Gasteiger partial charge in [-0.3, -0.25) is 0 Å². The van der Waals surface area contributed by atoms with Crippen LogP contribution in [-0.4, -0.2) is 34.3 Å². The van der Waals surface area contributed by atoms with Gasteiger partial charge in [-0.1, -0.05) is 0 Å². The molecule has 2 aromatic rings. The first-order valence-corrected chi connectivity index (χ1v) is 7.63. The Balaban J connectivity index is 2.03. The number of hydrogen-bond donors (Lipinski definition) is 1. The topological polar surface area (TPSA) is 53.1 Å². The number of anilines is 1. The van der Waals surface area contributed by atoms with Crippen LogP contribution in [0.5, 0.6) is 0 Å². The van der Waals surface area contributed by atoms with E-state index in [2.05, 4.69) is 17.2 Å². The SMILES string of the molecule is C=[SH+](C)CCOCn1ncc2ccc(N)cc21. The lowest BCUT2D eigenvalue weighted by atomic mass is 10.2. The quantitative estimate of drug-likeness (QED) is 0.284. The van der Waals surface area contributed by atoms with Crippen molar-refractivity contribution in [3.05, 3.63) is 24.4 Å². The van der Waals surface area contributed by atoms with Crippen molar-refractivity contribution in [2.45, 2.75) is 6.73 Å². The molecule has 2 N–H and O–H groups in total. The fourth-order valence-electron chi connectivity index (χ4n) is 1.56. The van der Waals surface area contributed by atoms with Crippen molar-refractivity contribution < 1.29 is 4.74 Å². The average Bonchev–Trinajstić information content (AvgIpc) is 2.67. The van der Waals surface area contributed by atoms with Gasteiger partial charge in [0.15, 0.2) is 0 Å². The Bertz CT molecular complexity index is 536. The predicted octanol–water partition coefficient (Wildman–Crippen LogP) is 1.00. The molecular formula is C12H18N3OS+. The van der Waals surface area contributed by atoms with Crippen molar-refractivity contribution in [1.29, 1.82) is 0 Å². The number of nitrogens with zero attached hydrogens (tertiary/aromatic N) is 2. The molecule has 0 spiro atoms. The van der Waals surface area contributed by atoms with Crippen molar-refractivity contribution in [2.24, 2.45) is 0 Å². The molecule has 4 nitrogen and oxygen atoms in total. The van der Waals surface area contributed by atoms with Crippen molar-refractivity contribution >= 4 is 32.9 Å². The minimum atomic E-state index is -0.134. The molecule has 0 amide bonds. The molecule has 1 heterocycles. The minimum Gasteiger partial charge on any atom is -0.399 e. The van der Waals surface area contributed by atoms with Gasteiger partial charge in [0.1, 0.15) is 6.73 Å². The average molecular weight is 252 g/mol. The van der Waals surface area contributed by atoms with Gasteiger partial charge in [-0.25, -0.2) is 4.68 Å². The van der Waals surface area contributed by atoms with Crippen LogP contribution in [0.15, 0.2) is 24.4 Å². The van der Waals surface area contributed by atoms with Gasteiger partial charge in [-0.05, 0) is 18.2 Å². The van der Waals surface area contributed by atoms with Crippen molar-refractivity contribution in [3.63, 3.8) is 0 Å². The van der Waals surface area contributed by atoms with E-state index < -0.39 is 0 Å². The number of ether oxygens (including phenoxy) is 1. The van der Waals surface area contributed by atoms with E-state index in [0.717, 1.165) is 29.0 Å². The normalized spacial score (nSPS) is 13.0. The molecule has 1 unspecified atom stereocenters. The molecule has 92 valence electrons. The molecule has 0 saturated carbocycles. The van der Waals surface area contributed by atoms with E-state index in [-0.39, 0.29) is 10.5 Å². The summed E-state index contributed by atoms with van der Waals surface area (Å²) in [5.41, 5.74) is 7.52. The molecule has 0 aliphatic heterocycles. The molecule has 0 aliphatic carbocycles. The summed E-state index contributed by atoms with van der Waals surface area (Å²) in [6, 6.07) is 5.76. The van der Waals surface area contributed by atoms with Gasteiger partial charge in [0.25, 0.3) is 0 Å². The molecule has 5 heteroatoms. The van der Waals surface area contributed by atoms with E-state index in [1.807, 2.05) is 29.1 Å². The lowest BCUT2D eigenvalue weighted by Gasteiger charge is -2.04. The number of benzene rings is 1. The monoisotopic (exact) mass is 252 g/mol. The van der Waals surface area contributed by atoms with E-state index in [1.54, 1.807) is 0 Å². The molecular weight excluding hydrogens is 234 g/mol. The predicted molar refractivity (Wildman–Crippen MR) is 76.8 cm³/mol. The lowest BCUT2D eigenvalue weighted by Crippen LogP contribution is -2.09. The van der Waals surface area contributed by atoms with Crippen LogP contribution in [0.1, 0.15) is 0 Å². The van der Waals surface area contributed by atoms with Gasteiger partial charge < -0.3 is 10.5 Å². The van der Waals surface area contributed by atoms with Crippen LogP contribution in [0.4, 0.5) is 5.69 Å². The largest absolute Gasteiger partial charge is 0.399 e. The third kappa shape index (κ3) is 3.08. The summed E-state index contributed by atoms with van der Waals surface area (Å²) in [6.45, 7) is 1.20. The molecule has 1 atom stereocenters. The fraction of sp³-hybridized carbons (Fsp3) is 0.333. The second-order valence-electron chi connectivity index (χ2n) is 4.08. The van der Waals surface area contributed by atoms with Gasteiger partial charge in [0, 0.05) is 16.9 Å². The number of rotatable bonds is 5. The Hall–Kier alpha value is -1.33. The Morgan fingerprint density at radius 1 is 1.53 bits per heavy atom. The molecule has 2 rings (SSSR count). The number of aromatic nitrogens is 2. The number of nitrogens with two attached hydrogens (primary N) is 1. The number of nitrogen functional groups attached to an aromatic ring is 1. The summed E-state index contributed by atoms with van der Waals surface area (Å²) >= 11 is 0. The first-order valence-electron chi connectivity index (χ1n) is 5.47. The van der Waals surface area contributed by atoms with Gasteiger partial charge in [0.05, 0.1) is 30.3 Å². The third-order valence-electron chi connectivity index (χ3n) is 2.50. The molecule has 0 fully saturated rings. The number of thiol groups is 1. The van der Waals surface area contributed by atoms with E-state index in [4.69, 9.17) is 10.5 Å². The van der Waals surface area contributed by atoms with E-state index >= 15 is 0 Å². The highest BCUT2D eigenvalue weighted by Gasteiger charge is 2.02. The zero-order valence-corrected chi connectivity index (χ0v) is 10.9. The Kier molecular flexibility index (Phi) is 3.81. The van der Waals surface area contributed by atoms with Crippen LogP contribution < -0.4 is 5.73 Å². The Morgan fingerprint density at radius 3 is 3.12 bits per heavy atom. The van der Waals surface area contributed by atoms with Crippen molar-refractivity contribution in [3.8, 4) is 0 Å². The van der Waals surface area contributed by atoms with Gasteiger partial charge in [-0.15, -0.1) is 10.5 Å². The summed E-state index contributed by atoms with van der Waals surface area (Å²) in [4.78, 5) is 0. The van der Waals surface area contributed by atoms with E-state index in [9.17, 15) is 0 Å². The maximum atomic E-state index is 5.76. The Labute approximate surface area is 103 Å². The molecule has 17 heavy (non-hydrogen) atoms. The van der Waals surface area contributed by atoms with Crippen LogP contribution in [0.25, 0.3) is 10.9 Å². The molecule has 0 saturated heterocycles. The van der Waals surface area contributed by atoms with Crippen molar-refractivity contribution in [2.75, 3.05) is 24.3 Å². The van der Waals surface area contributed by atoms with Gasteiger partial charge in [0.2, 0.25) is 0 Å². The second kappa shape index (κ2) is 5.33. The summed E-state index contributed by atoms with van der Waals surface area (Å²) in [5, 5.41) is 5.36. The zero-order chi connectivity index (χ0) is 12.3. The highest BCUT2D eigenvalue weighted by Crippen LogP contribution is 2.16. The third-order valence-corrected chi connectivity index (χ3v) is 3.45. The number of hydrogen-bond acceptors (Lipinski definition) is 3. The minimum absolute atomic E-state index is 0.134. The van der Waals surface area contributed by atoms with Crippen LogP contribution in [-0.2, 0) is 22.0 Å². The fourth-order valence-corrected chi connectivity index (χ4v) is 2.00. The highest BCUT2D eigenvalue weighted by molar-refractivity contribution is 7.93. The van der Waals surface area contributed by atoms with E-state index in [1.165, 1.54) is 0 Å². The zero-order valence-electron chi connectivity index (χ0n) is 9.97. The summed E-state index contributed by atoms with van der Waals surface area (Å²) in [5.74, 6) is 5.00. The summed E-state index contributed by atoms with van der Waals surface area (Å²) < 4.78 is 7.40. The maximum Gasteiger partial charge on any atom is 0.140 e. The summed E-state index contributed by atoms with van der Waals surface area (Å²) in [6.07, 6.45) is 3.97. The van der Waals surface area contributed by atoms with Gasteiger partial charge >= 0.3 is 0 Å². The molecule has 1 aromatic heterocycles. The molecule has 0 bridgehead atoms. The van der Waals surface area contributed by atoms with Gasteiger partial charge in [-0.2, -0.15) is 5.10 Å². The first-order chi connectivity index (χ1) is 8.16. The van der Waals surface area contributed by atoms with Crippen LogP contribution >= 0.6 is 0 Å². The molecule has 0 aliphatic rings. The molecule has 1 aromatic carbocycles. The second-order valence-corrected chi connectivity index (χ2v) is 6.24. The first kappa shape index (κ1) is 12.1. The smallest absolute Gasteiger partial charge is 0.140 e. The van der Waals surface area contributed by atoms with Crippen LogP contribution in [0, 0.1) is 0 Å². The summed E-state index contributed by atoms with van der Waals surface area (Å²) in [7, 11) is -0.134. The molecule has 0 radical (unpaired) electrons. The van der Waals surface area contributed by atoms with Crippen molar-refractivity contribution in [1.82, 2.24) is 9.78 Å². The standard InChI is InChI=1S/C12H17N3OS/c1-17(2)6-5-16-9-15-12-7-11(13)4-3-10(12)8-14-15/h3-4,7-8H,1,5-6,9,13H2,2H3/p+1. The lowest BCUT2D eigenvalue weighted by molar-refractivity contribution is 0.0842. The van der Waals surface area contributed by atoms with Crippen LogP contribution in [0.3, 0.4) is 0 Å². The number of fused-ring (bicyclic) bond motifs is 1. The highest BCUT2D eigenvalue weighted by atomic mass is 32.2. The van der Waals surface area contributed by atoms with E-state index in [0.29, 0.717) is 6.73 Å². The Morgan fingerprint density at radius 2 is 2.35 bits per heavy atom. The van der Waals surface area contributed by atoms with Crippen LogP contribution in [0.2, 0.25) is 0 Å².